The monoisotopic (exact) mass is 322 g/mol. The van der Waals surface area contributed by atoms with Gasteiger partial charge >= 0.3 is 5.91 Å². The van der Waals surface area contributed by atoms with Gasteiger partial charge in [-0.15, -0.1) is 0 Å². The summed E-state index contributed by atoms with van der Waals surface area (Å²) in [4.78, 5) is 11.7. The second-order valence-corrected chi connectivity index (χ2v) is 3.82. The Morgan fingerprint density at radius 1 is 1.36 bits per heavy atom. The average molecular weight is 324 g/mol. The van der Waals surface area contributed by atoms with Crippen molar-refractivity contribution in [3.63, 3.8) is 0 Å². The SMILES string of the molecule is CN(Br)[NH+](C)C(=O)c1ccccc1.[Br-]. The molecule has 0 aromatic heterocycles. The maximum Gasteiger partial charge on any atom is 0.363 e. The molecule has 1 atom stereocenters. The van der Waals surface area contributed by atoms with Gasteiger partial charge in [0, 0.05) is 7.05 Å². The molecular formula is C9H12Br2N2O. The fourth-order valence-corrected chi connectivity index (χ4v) is 1.10. The van der Waals surface area contributed by atoms with Crippen LogP contribution in [0.4, 0.5) is 0 Å². The third-order valence-electron chi connectivity index (χ3n) is 1.83. The van der Waals surface area contributed by atoms with Gasteiger partial charge in [-0.25, -0.2) is 4.79 Å². The van der Waals surface area contributed by atoms with Crippen LogP contribution in [0.1, 0.15) is 10.4 Å². The Hall–Kier alpha value is -0.230. The van der Waals surface area contributed by atoms with Crippen molar-refractivity contribution in [2.24, 2.45) is 0 Å². The quantitative estimate of drug-likeness (QED) is 0.481. The number of benzene rings is 1. The lowest BCUT2D eigenvalue weighted by atomic mass is 10.2. The molecule has 0 saturated heterocycles. The Bertz CT molecular complexity index is 290. The average Bonchev–Trinajstić information content (AvgIpc) is 2.17. The molecule has 0 aliphatic heterocycles. The zero-order valence-corrected chi connectivity index (χ0v) is 11.2. The molecule has 0 bridgehead atoms. The van der Waals surface area contributed by atoms with Crippen molar-refractivity contribution in [2.45, 2.75) is 0 Å². The van der Waals surface area contributed by atoms with Gasteiger partial charge in [-0.3, -0.25) is 0 Å². The highest BCUT2D eigenvalue weighted by Gasteiger charge is 2.19. The van der Waals surface area contributed by atoms with Crippen LogP contribution in [-0.4, -0.2) is 24.0 Å². The van der Waals surface area contributed by atoms with Crippen LogP contribution < -0.4 is 22.0 Å². The molecule has 0 fully saturated rings. The predicted octanol–water partition coefficient (Wildman–Crippen LogP) is -2.50. The van der Waals surface area contributed by atoms with Gasteiger partial charge < -0.3 is 17.0 Å². The van der Waals surface area contributed by atoms with Gasteiger partial charge in [0.2, 0.25) is 0 Å². The molecule has 1 unspecified atom stereocenters. The molecule has 1 N–H and O–H groups in total. The van der Waals surface area contributed by atoms with Crippen molar-refractivity contribution in [3.8, 4) is 0 Å². The van der Waals surface area contributed by atoms with Crippen LogP contribution in [-0.2, 0) is 0 Å². The van der Waals surface area contributed by atoms with E-state index in [4.69, 9.17) is 0 Å². The molecule has 0 saturated carbocycles. The summed E-state index contributed by atoms with van der Waals surface area (Å²) in [6, 6.07) is 9.22. The van der Waals surface area contributed by atoms with Crippen LogP contribution in [0.15, 0.2) is 30.3 Å². The largest absolute Gasteiger partial charge is 1.00 e. The number of halogens is 2. The highest BCUT2D eigenvalue weighted by atomic mass is 79.9. The van der Waals surface area contributed by atoms with Crippen molar-refractivity contribution >= 4 is 22.1 Å². The molecule has 3 nitrogen and oxygen atoms in total. The Morgan fingerprint density at radius 2 is 1.86 bits per heavy atom. The van der Waals surface area contributed by atoms with Gasteiger partial charge in [-0.2, -0.15) is 5.01 Å². The van der Waals surface area contributed by atoms with E-state index in [2.05, 4.69) is 16.1 Å². The lowest BCUT2D eigenvalue weighted by Crippen LogP contribution is -3.15. The molecular weight excluding hydrogens is 312 g/mol. The summed E-state index contributed by atoms with van der Waals surface area (Å²) in [5.41, 5.74) is 0.714. The van der Waals surface area contributed by atoms with Crippen molar-refractivity contribution < 1.29 is 26.8 Å². The molecule has 14 heavy (non-hydrogen) atoms. The van der Waals surface area contributed by atoms with Gasteiger partial charge in [-0.1, -0.05) is 22.2 Å². The Balaban J connectivity index is 0.00000169. The molecule has 0 aliphatic carbocycles. The summed E-state index contributed by atoms with van der Waals surface area (Å²) in [5.74, 6) is 0.0416. The summed E-state index contributed by atoms with van der Waals surface area (Å²) in [6.07, 6.45) is 0. The highest BCUT2D eigenvalue weighted by Crippen LogP contribution is 1.96. The molecule has 0 radical (unpaired) electrons. The zero-order chi connectivity index (χ0) is 9.84. The second-order valence-electron chi connectivity index (χ2n) is 2.76. The summed E-state index contributed by atoms with van der Waals surface area (Å²) in [7, 11) is 3.57. The van der Waals surface area contributed by atoms with Gasteiger partial charge in [0.25, 0.3) is 0 Å². The summed E-state index contributed by atoms with van der Waals surface area (Å²) in [6.45, 7) is 0. The Kier molecular flexibility index (Phi) is 6.19. The lowest BCUT2D eigenvalue weighted by molar-refractivity contribution is -0.891. The van der Waals surface area contributed by atoms with Crippen LogP contribution in [0, 0.1) is 0 Å². The third-order valence-corrected chi connectivity index (χ3v) is 2.36. The molecule has 1 rings (SSSR count). The van der Waals surface area contributed by atoms with E-state index in [1.165, 1.54) is 0 Å². The number of rotatable bonds is 2. The molecule has 1 aromatic carbocycles. The predicted molar refractivity (Wildman–Crippen MR) is 54.3 cm³/mol. The topological polar surface area (TPSA) is 24.8 Å². The minimum atomic E-state index is 0. The number of amides is 1. The number of hydrogen-bond donors (Lipinski definition) is 1. The number of hydrogen-bond acceptors (Lipinski definition) is 2. The van der Waals surface area contributed by atoms with E-state index in [0.29, 0.717) is 10.6 Å². The number of nitrogens with zero attached hydrogens (tertiary/aromatic N) is 1. The van der Waals surface area contributed by atoms with Crippen LogP contribution in [0.2, 0.25) is 0 Å². The first-order chi connectivity index (χ1) is 6.13. The lowest BCUT2D eigenvalue weighted by Gasteiger charge is -2.14. The first-order valence-corrected chi connectivity index (χ1v) is 4.66. The minimum absolute atomic E-state index is 0. The van der Waals surface area contributed by atoms with Crippen molar-refractivity contribution in [2.75, 3.05) is 14.1 Å². The molecule has 78 valence electrons. The minimum Gasteiger partial charge on any atom is -1.00 e. The van der Waals surface area contributed by atoms with Crippen LogP contribution >= 0.6 is 16.1 Å². The zero-order valence-electron chi connectivity index (χ0n) is 8.00. The number of carbonyl (C=O) groups is 1. The first kappa shape index (κ1) is 13.8. The maximum absolute atomic E-state index is 11.7. The highest BCUT2D eigenvalue weighted by molar-refractivity contribution is 9.07. The van der Waals surface area contributed by atoms with Gasteiger partial charge in [0.1, 0.15) is 0 Å². The van der Waals surface area contributed by atoms with E-state index < -0.39 is 0 Å². The van der Waals surface area contributed by atoms with E-state index in [9.17, 15) is 4.79 Å². The van der Waals surface area contributed by atoms with Crippen molar-refractivity contribution in [1.82, 2.24) is 4.03 Å². The molecule has 0 spiro atoms. The normalized spacial score (nSPS) is 12.0. The van der Waals surface area contributed by atoms with E-state index in [0.717, 1.165) is 0 Å². The van der Waals surface area contributed by atoms with Crippen molar-refractivity contribution in [1.29, 1.82) is 0 Å². The van der Waals surface area contributed by atoms with Crippen molar-refractivity contribution in [3.05, 3.63) is 35.9 Å². The van der Waals surface area contributed by atoms with E-state index in [1.807, 2.05) is 30.3 Å². The summed E-state index contributed by atoms with van der Waals surface area (Å²) >= 11 is 3.21. The van der Waals surface area contributed by atoms with Gasteiger partial charge in [0.05, 0.1) is 28.8 Å². The molecule has 1 aromatic rings. The maximum atomic E-state index is 11.7. The standard InChI is InChI=1S/C9H11BrN2O.BrH/c1-11(12(2)10)9(13)8-6-4-3-5-7-8;/h3-7H,1-2H3;1H. The van der Waals surface area contributed by atoms with Gasteiger partial charge in [0.15, 0.2) is 0 Å². The third kappa shape index (κ3) is 3.49. The Labute approximate surface area is 103 Å². The second kappa shape index (κ2) is 6.29. The van der Waals surface area contributed by atoms with Crippen LogP contribution in [0.5, 0.6) is 0 Å². The fourth-order valence-electron chi connectivity index (χ4n) is 0.938. The Morgan fingerprint density at radius 3 is 2.29 bits per heavy atom. The summed E-state index contributed by atoms with van der Waals surface area (Å²) in [5, 5.41) is 0.672. The molecule has 0 aliphatic rings. The number of quaternary nitrogens is 1. The van der Waals surface area contributed by atoms with Gasteiger partial charge in [-0.05, 0) is 12.1 Å². The van der Waals surface area contributed by atoms with Crippen LogP contribution in [0.25, 0.3) is 0 Å². The molecule has 5 heteroatoms. The van der Waals surface area contributed by atoms with Crippen LogP contribution in [0.3, 0.4) is 0 Å². The molecule has 1 amide bonds. The van der Waals surface area contributed by atoms with E-state index >= 15 is 0 Å². The number of nitrogens with one attached hydrogen (secondary N) is 1. The smallest absolute Gasteiger partial charge is 0.363 e. The number of carbonyl (C=O) groups excluding carboxylic acids is 1. The van der Waals surface area contributed by atoms with E-state index in [-0.39, 0.29) is 22.9 Å². The van der Waals surface area contributed by atoms with E-state index in [1.54, 1.807) is 18.1 Å². The molecule has 0 heterocycles. The first-order valence-electron chi connectivity index (χ1n) is 3.95. The summed E-state index contributed by atoms with van der Waals surface area (Å²) < 4.78 is 1.64. The fraction of sp³-hybridized carbons (Fsp3) is 0.222.